The second kappa shape index (κ2) is 12.4. The van der Waals surface area contributed by atoms with Gasteiger partial charge in [-0.25, -0.2) is 4.79 Å². The second-order valence-electron chi connectivity index (χ2n) is 9.82. The summed E-state index contributed by atoms with van der Waals surface area (Å²) in [5.74, 6) is -0.225. The van der Waals surface area contributed by atoms with Crippen LogP contribution in [0.1, 0.15) is 54.9 Å². The molecule has 2 fully saturated rings. The highest BCUT2D eigenvalue weighted by Gasteiger charge is 2.31. The molecule has 0 aromatic heterocycles. The lowest BCUT2D eigenvalue weighted by atomic mass is 10.1. The summed E-state index contributed by atoms with van der Waals surface area (Å²) in [5, 5.41) is 5.41. The standard InChI is InChI=1S/C28H34F3N5O3/c1-2-25(37)32-22-10-11-24(23(19-22)26(38)35-12-4-3-5-13-35)34-14-7-15-36(17-16-34)27(39)33-21-9-6-8-20(18-21)28(29,30)31/h6,8-11,18-19H,2-5,7,12-17H2,1H3,(H,32,37)(H,33,39). The fourth-order valence-electron chi connectivity index (χ4n) is 4.91. The average Bonchev–Trinajstić information content (AvgIpc) is 3.19. The van der Waals surface area contributed by atoms with Gasteiger partial charge in [-0.05, 0) is 62.1 Å². The van der Waals surface area contributed by atoms with Crippen LogP contribution in [0.15, 0.2) is 42.5 Å². The number of urea groups is 1. The largest absolute Gasteiger partial charge is 0.416 e. The van der Waals surface area contributed by atoms with Crippen molar-refractivity contribution in [2.75, 3.05) is 54.8 Å². The van der Waals surface area contributed by atoms with E-state index in [9.17, 15) is 27.6 Å². The van der Waals surface area contributed by atoms with Crippen LogP contribution in [0.3, 0.4) is 0 Å². The SMILES string of the molecule is CCC(=O)Nc1ccc(N2CCCN(C(=O)Nc3cccc(C(F)(F)F)c3)CC2)c(C(=O)N2CCCCC2)c1. The Morgan fingerprint density at radius 3 is 2.23 bits per heavy atom. The van der Waals surface area contributed by atoms with Gasteiger partial charge in [0.05, 0.1) is 11.1 Å². The highest BCUT2D eigenvalue weighted by molar-refractivity contribution is 6.02. The monoisotopic (exact) mass is 545 g/mol. The number of nitrogens with one attached hydrogen (secondary N) is 2. The molecule has 2 aromatic rings. The summed E-state index contributed by atoms with van der Waals surface area (Å²) in [6.07, 6.45) is -0.570. The van der Waals surface area contributed by atoms with Gasteiger partial charge in [0.2, 0.25) is 5.91 Å². The number of carbonyl (C=O) groups is 3. The van der Waals surface area contributed by atoms with Gasteiger partial charge < -0.3 is 25.3 Å². The number of alkyl halides is 3. The summed E-state index contributed by atoms with van der Waals surface area (Å²) in [6.45, 7) is 4.92. The predicted octanol–water partition coefficient (Wildman–Crippen LogP) is 5.42. The minimum absolute atomic E-state index is 0.0788. The quantitative estimate of drug-likeness (QED) is 0.525. The maximum absolute atomic E-state index is 13.6. The number of hydrogen-bond acceptors (Lipinski definition) is 4. The van der Waals surface area contributed by atoms with E-state index in [2.05, 4.69) is 15.5 Å². The Bertz CT molecular complexity index is 1200. The van der Waals surface area contributed by atoms with Crippen LogP contribution in [0.4, 0.5) is 35.0 Å². The molecule has 2 aromatic carbocycles. The zero-order valence-corrected chi connectivity index (χ0v) is 22.0. The van der Waals surface area contributed by atoms with Crippen molar-refractivity contribution in [1.29, 1.82) is 0 Å². The highest BCUT2D eigenvalue weighted by atomic mass is 19.4. The van der Waals surface area contributed by atoms with Crippen molar-refractivity contribution in [3.63, 3.8) is 0 Å². The molecule has 0 bridgehead atoms. The number of rotatable bonds is 5. The molecule has 4 rings (SSSR count). The summed E-state index contributed by atoms with van der Waals surface area (Å²) < 4.78 is 39.2. The van der Waals surface area contributed by atoms with Crippen molar-refractivity contribution in [3.05, 3.63) is 53.6 Å². The summed E-state index contributed by atoms with van der Waals surface area (Å²) >= 11 is 0. The van der Waals surface area contributed by atoms with Crippen LogP contribution < -0.4 is 15.5 Å². The number of benzene rings is 2. The number of amides is 4. The third kappa shape index (κ3) is 7.21. The van der Waals surface area contributed by atoms with Gasteiger partial charge in [-0.3, -0.25) is 9.59 Å². The van der Waals surface area contributed by atoms with Crippen LogP contribution >= 0.6 is 0 Å². The van der Waals surface area contributed by atoms with E-state index in [1.807, 2.05) is 11.0 Å². The molecule has 2 heterocycles. The minimum Gasteiger partial charge on any atom is -0.369 e. The molecule has 11 heteroatoms. The smallest absolute Gasteiger partial charge is 0.369 e. The molecule has 0 atom stereocenters. The lowest BCUT2D eigenvalue weighted by Crippen LogP contribution is -2.39. The van der Waals surface area contributed by atoms with Crippen molar-refractivity contribution in [2.24, 2.45) is 0 Å². The van der Waals surface area contributed by atoms with Crippen molar-refractivity contribution < 1.29 is 27.6 Å². The molecule has 2 N–H and O–H groups in total. The Morgan fingerprint density at radius 2 is 1.51 bits per heavy atom. The first-order valence-electron chi connectivity index (χ1n) is 13.4. The Morgan fingerprint density at radius 1 is 0.795 bits per heavy atom. The molecule has 0 aliphatic carbocycles. The Hall–Kier alpha value is -3.76. The average molecular weight is 546 g/mol. The van der Waals surface area contributed by atoms with Gasteiger partial charge in [-0.15, -0.1) is 0 Å². The number of nitrogens with zero attached hydrogens (tertiary/aromatic N) is 3. The highest BCUT2D eigenvalue weighted by Crippen LogP contribution is 2.31. The first kappa shape index (κ1) is 28.3. The fourth-order valence-corrected chi connectivity index (χ4v) is 4.91. The van der Waals surface area contributed by atoms with Gasteiger partial charge in [0, 0.05) is 62.8 Å². The van der Waals surface area contributed by atoms with Crippen molar-refractivity contribution in [1.82, 2.24) is 9.80 Å². The van der Waals surface area contributed by atoms with E-state index in [0.29, 0.717) is 63.4 Å². The number of carbonyl (C=O) groups excluding carboxylic acids is 3. The molecule has 8 nitrogen and oxygen atoms in total. The van der Waals surface area contributed by atoms with Gasteiger partial charge in [0.25, 0.3) is 5.91 Å². The summed E-state index contributed by atoms with van der Waals surface area (Å²) in [4.78, 5) is 43.9. The van der Waals surface area contributed by atoms with E-state index < -0.39 is 17.8 Å². The third-order valence-electron chi connectivity index (χ3n) is 7.04. The number of likely N-dealkylation sites (tertiary alicyclic amines) is 1. The van der Waals surface area contributed by atoms with Gasteiger partial charge in [-0.2, -0.15) is 13.2 Å². The lowest BCUT2D eigenvalue weighted by molar-refractivity contribution is -0.137. The number of hydrogen-bond donors (Lipinski definition) is 2. The minimum atomic E-state index is -4.50. The van der Waals surface area contributed by atoms with Crippen LogP contribution in [0.2, 0.25) is 0 Å². The zero-order valence-electron chi connectivity index (χ0n) is 22.0. The van der Waals surface area contributed by atoms with Crippen molar-refractivity contribution in [2.45, 2.75) is 45.2 Å². The van der Waals surface area contributed by atoms with Gasteiger partial charge >= 0.3 is 12.2 Å². The number of anilines is 3. The van der Waals surface area contributed by atoms with Crippen LogP contribution in [0, 0.1) is 0 Å². The van der Waals surface area contributed by atoms with Gasteiger partial charge in [-0.1, -0.05) is 13.0 Å². The van der Waals surface area contributed by atoms with Crippen LogP contribution in [0.5, 0.6) is 0 Å². The van der Waals surface area contributed by atoms with Crippen molar-refractivity contribution in [3.8, 4) is 0 Å². The summed E-state index contributed by atoms with van der Waals surface area (Å²) in [5.41, 5.74) is 1.05. The maximum Gasteiger partial charge on any atom is 0.416 e. The van der Waals surface area contributed by atoms with E-state index in [0.717, 1.165) is 37.1 Å². The van der Waals surface area contributed by atoms with Crippen LogP contribution in [0.25, 0.3) is 0 Å². The molecule has 2 aliphatic rings. The van der Waals surface area contributed by atoms with E-state index in [-0.39, 0.29) is 17.5 Å². The molecule has 0 saturated carbocycles. The molecule has 0 spiro atoms. The molecular formula is C28H34F3N5O3. The van der Waals surface area contributed by atoms with E-state index in [4.69, 9.17) is 0 Å². The van der Waals surface area contributed by atoms with Crippen LogP contribution in [-0.2, 0) is 11.0 Å². The molecule has 39 heavy (non-hydrogen) atoms. The maximum atomic E-state index is 13.6. The molecule has 0 unspecified atom stereocenters. The Balaban J connectivity index is 1.49. The van der Waals surface area contributed by atoms with Gasteiger partial charge in [0.1, 0.15) is 0 Å². The van der Waals surface area contributed by atoms with Gasteiger partial charge in [0.15, 0.2) is 0 Å². The zero-order chi connectivity index (χ0) is 28.0. The Labute approximate surface area is 226 Å². The molecular weight excluding hydrogens is 511 g/mol. The van der Waals surface area contributed by atoms with E-state index >= 15 is 0 Å². The lowest BCUT2D eigenvalue weighted by Gasteiger charge is -2.30. The fraction of sp³-hybridized carbons (Fsp3) is 0.464. The Kier molecular flexibility index (Phi) is 8.98. The first-order chi connectivity index (χ1) is 18.7. The summed E-state index contributed by atoms with van der Waals surface area (Å²) in [7, 11) is 0. The predicted molar refractivity (Wildman–Crippen MR) is 144 cm³/mol. The molecule has 2 aliphatic heterocycles. The van der Waals surface area contributed by atoms with Crippen LogP contribution in [-0.4, -0.2) is 66.9 Å². The number of halogens is 3. The number of piperidine rings is 1. The topological polar surface area (TPSA) is 85.0 Å². The normalized spacial score (nSPS) is 16.5. The molecule has 2 saturated heterocycles. The summed E-state index contributed by atoms with van der Waals surface area (Å²) in [6, 6.07) is 9.42. The van der Waals surface area contributed by atoms with Crippen molar-refractivity contribution >= 4 is 34.9 Å². The van der Waals surface area contributed by atoms with E-state index in [1.165, 1.54) is 12.1 Å². The molecule has 210 valence electrons. The third-order valence-corrected chi connectivity index (χ3v) is 7.04. The van der Waals surface area contributed by atoms with E-state index in [1.54, 1.807) is 24.0 Å². The second-order valence-corrected chi connectivity index (χ2v) is 9.82. The first-order valence-corrected chi connectivity index (χ1v) is 13.4. The molecule has 0 radical (unpaired) electrons. The molecule has 4 amide bonds.